The Balaban J connectivity index is 1.40. The smallest absolute Gasteiger partial charge is 0.315 e. The van der Waals surface area contributed by atoms with E-state index in [0.717, 1.165) is 38.0 Å². The van der Waals surface area contributed by atoms with Crippen LogP contribution in [0.3, 0.4) is 0 Å². The zero-order valence-electron chi connectivity index (χ0n) is 12.0. The molecule has 2 heterocycles. The monoisotopic (exact) mass is 296 g/mol. The van der Waals surface area contributed by atoms with Gasteiger partial charge in [-0.2, -0.15) is 5.10 Å². The lowest BCUT2D eigenvalue weighted by atomic mass is 9.96. The number of carbonyl (C=O) groups is 1. The summed E-state index contributed by atoms with van der Waals surface area (Å²) in [6, 6.07) is 0.122. The molecule has 1 aromatic rings. The van der Waals surface area contributed by atoms with Crippen LogP contribution in [0.25, 0.3) is 0 Å². The topological polar surface area (TPSA) is 68.2 Å². The first-order valence-electron chi connectivity index (χ1n) is 7.41. The molecule has 7 heteroatoms. The molecule has 116 valence electrons. The van der Waals surface area contributed by atoms with Crippen molar-refractivity contribution in [2.24, 2.45) is 5.41 Å². The molecule has 1 unspecified atom stereocenters. The number of hydrogen-bond donors (Lipinski definition) is 2. The molecule has 1 spiro atoms. The van der Waals surface area contributed by atoms with Crippen LogP contribution in [-0.4, -0.2) is 41.7 Å². The van der Waals surface area contributed by atoms with Crippen molar-refractivity contribution in [3.63, 3.8) is 0 Å². The quantitative estimate of drug-likeness (QED) is 0.858. The average molecular weight is 296 g/mol. The Labute approximate surface area is 123 Å². The van der Waals surface area contributed by atoms with E-state index in [9.17, 15) is 9.18 Å². The zero-order chi connectivity index (χ0) is 14.7. The predicted molar refractivity (Wildman–Crippen MR) is 74.5 cm³/mol. The van der Waals surface area contributed by atoms with Crippen molar-refractivity contribution in [3.05, 3.63) is 18.0 Å². The van der Waals surface area contributed by atoms with Gasteiger partial charge in [0, 0.05) is 37.6 Å². The van der Waals surface area contributed by atoms with E-state index in [1.807, 2.05) is 0 Å². The summed E-state index contributed by atoms with van der Waals surface area (Å²) in [6.45, 7) is 1.81. The Morgan fingerprint density at radius 2 is 2.33 bits per heavy atom. The molecule has 3 rings (SSSR count). The van der Waals surface area contributed by atoms with Gasteiger partial charge in [0.1, 0.15) is 6.67 Å². The Morgan fingerprint density at radius 3 is 3.10 bits per heavy atom. The second-order valence-electron chi connectivity index (χ2n) is 5.86. The minimum atomic E-state index is -0.442. The SMILES string of the molecule is O=C(NCc1cnn(CCF)c1)NC1CC12CCOCC2. The van der Waals surface area contributed by atoms with Gasteiger partial charge in [-0.15, -0.1) is 0 Å². The van der Waals surface area contributed by atoms with E-state index < -0.39 is 6.67 Å². The van der Waals surface area contributed by atoms with Crippen molar-refractivity contribution < 1.29 is 13.9 Å². The van der Waals surface area contributed by atoms with Crippen LogP contribution in [0.1, 0.15) is 24.8 Å². The normalized spacial score (nSPS) is 23.0. The van der Waals surface area contributed by atoms with Crippen LogP contribution < -0.4 is 10.6 Å². The third-order valence-corrected chi connectivity index (χ3v) is 4.44. The lowest BCUT2D eigenvalue weighted by Gasteiger charge is -2.22. The highest BCUT2D eigenvalue weighted by Gasteiger charge is 2.54. The number of halogens is 1. The fourth-order valence-corrected chi connectivity index (χ4v) is 2.98. The summed E-state index contributed by atoms with van der Waals surface area (Å²) in [5.41, 5.74) is 1.15. The predicted octanol–water partition coefficient (Wildman–Crippen LogP) is 1.22. The third kappa shape index (κ3) is 3.34. The molecule has 2 fully saturated rings. The Hall–Kier alpha value is -1.63. The highest BCUT2D eigenvalue weighted by Crippen LogP contribution is 2.53. The molecule has 21 heavy (non-hydrogen) atoms. The van der Waals surface area contributed by atoms with E-state index in [4.69, 9.17) is 4.74 Å². The van der Waals surface area contributed by atoms with E-state index in [2.05, 4.69) is 15.7 Å². The van der Waals surface area contributed by atoms with Crippen LogP contribution in [-0.2, 0) is 17.8 Å². The van der Waals surface area contributed by atoms with Gasteiger partial charge in [-0.25, -0.2) is 9.18 Å². The van der Waals surface area contributed by atoms with Crippen LogP contribution in [0.2, 0.25) is 0 Å². The summed E-state index contributed by atoms with van der Waals surface area (Å²) < 4.78 is 19.1. The molecule has 6 nitrogen and oxygen atoms in total. The van der Waals surface area contributed by atoms with Crippen LogP contribution >= 0.6 is 0 Å². The number of carbonyl (C=O) groups excluding carboxylic acids is 1. The molecule has 1 atom stereocenters. The second kappa shape index (κ2) is 6.01. The summed E-state index contributed by atoms with van der Waals surface area (Å²) in [7, 11) is 0. The summed E-state index contributed by atoms with van der Waals surface area (Å²) in [6.07, 6.45) is 6.52. The maximum absolute atomic E-state index is 12.2. The second-order valence-corrected chi connectivity index (χ2v) is 5.86. The van der Waals surface area contributed by atoms with Gasteiger partial charge in [-0.1, -0.05) is 0 Å². The van der Waals surface area contributed by atoms with Gasteiger partial charge < -0.3 is 15.4 Å². The summed E-state index contributed by atoms with van der Waals surface area (Å²) in [4.78, 5) is 11.9. The first-order valence-corrected chi connectivity index (χ1v) is 7.41. The molecule has 2 N–H and O–H groups in total. The zero-order valence-corrected chi connectivity index (χ0v) is 12.0. The van der Waals surface area contributed by atoms with Crippen molar-refractivity contribution in [3.8, 4) is 0 Å². The average Bonchev–Trinajstić information content (AvgIpc) is 2.93. The number of nitrogens with one attached hydrogen (secondary N) is 2. The van der Waals surface area contributed by atoms with E-state index in [1.54, 1.807) is 12.4 Å². The van der Waals surface area contributed by atoms with Gasteiger partial charge in [-0.3, -0.25) is 4.68 Å². The largest absolute Gasteiger partial charge is 0.381 e. The number of alkyl halides is 1. The van der Waals surface area contributed by atoms with Crippen molar-refractivity contribution in [2.45, 2.75) is 38.4 Å². The van der Waals surface area contributed by atoms with E-state index in [-0.39, 0.29) is 24.0 Å². The Kier molecular flexibility index (Phi) is 4.10. The van der Waals surface area contributed by atoms with Gasteiger partial charge in [0.05, 0.1) is 12.7 Å². The molecule has 2 aliphatic rings. The molecular weight excluding hydrogens is 275 g/mol. The Bertz CT molecular complexity index is 499. The molecule has 0 radical (unpaired) electrons. The van der Waals surface area contributed by atoms with Gasteiger partial charge in [0.2, 0.25) is 0 Å². The van der Waals surface area contributed by atoms with Crippen LogP contribution in [0.4, 0.5) is 9.18 Å². The number of ether oxygens (including phenoxy) is 1. The number of urea groups is 1. The van der Waals surface area contributed by atoms with Gasteiger partial charge in [-0.05, 0) is 24.7 Å². The highest BCUT2D eigenvalue weighted by atomic mass is 19.1. The van der Waals surface area contributed by atoms with E-state index >= 15 is 0 Å². The fraction of sp³-hybridized carbons (Fsp3) is 0.714. The number of aryl methyl sites for hydroxylation is 1. The molecule has 2 amide bonds. The number of rotatable bonds is 5. The molecule has 1 saturated heterocycles. The minimum Gasteiger partial charge on any atom is -0.381 e. The molecule has 0 aromatic carbocycles. The molecule has 0 bridgehead atoms. The Morgan fingerprint density at radius 1 is 1.52 bits per heavy atom. The van der Waals surface area contributed by atoms with Crippen LogP contribution in [0, 0.1) is 5.41 Å². The van der Waals surface area contributed by atoms with Crippen LogP contribution in [0.5, 0.6) is 0 Å². The molecule has 1 aromatic heterocycles. The lowest BCUT2D eigenvalue weighted by molar-refractivity contribution is 0.0547. The maximum atomic E-state index is 12.2. The van der Waals surface area contributed by atoms with Gasteiger partial charge >= 0.3 is 6.03 Å². The summed E-state index contributed by atoms with van der Waals surface area (Å²) in [5, 5.41) is 9.86. The van der Waals surface area contributed by atoms with E-state index in [0.29, 0.717) is 6.54 Å². The number of hydrogen-bond acceptors (Lipinski definition) is 3. The minimum absolute atomic E-state index is 0.151. The summed E-state index contributed by atoms with van der Waals surface area (Å²) in [5.74, 6) is 0. The molecule has 1 aliphatic carbocycles. The van der Waals surface area contributed by atoms with E-state index in [1.165, 1.54) is 4.68 Å². The highest BCUT2D eigenvalue weighted by molar-refractivity contribution is 5.74. The van der Waals surface area contributed by atoms with Crippen molar-refractivity contribution in [2.75, 3.05) is 19.9 Å². The van der Waals surface area contributed by atoms with Crippen molar-refractivity contribution in [1.82, 2.24) is 20.4 Å². The summed E-state index contributed by atoms with van der Waals surface area (Å²) >= 11 is 0. The third-order valence-electron chi connectivity index (χ3n) is 4.44. The first kappa shape index (κ1) is 14.3. The fourth-order valence-electron chi connectivity index (χ4n) is 2.98. The van der Waals surface area contributed by atoms with Crippen molar-refractivity contribution >= 4 is 6.03 Å². The number of aromatic nitrogens is 2. The van der Waals surface area contributed by atoms with Gasteiger partial charge in [0.25, 0.3) is 0 Å². The number of nitrogens with zero attached hydrogens (tertiary/aromatic N) is 2. The lowest BCUT2D eigenvalue weighted by Crippen LogP contribution is -2.39. The maximum Gasteiger partial charge on any atom is 0.315 e. The van der Waals surface area contributed by atoms with Gasteiger partial charge in [0.15, 0.2) is 0 Å². The molecule has 1 aliphatic heterocycles. The molecule has 1 saturated carbocycles. The number of amides is 2. The van der Waals surface area contributed by atoms with Crippen molar-refractivity contribution in [1.29, 1.82) is 0 Å². The standard InChI is InChI=1S/C14H21FN4O2/c15-3-4-19-10-11(9-17-19)8-16-13(20)18-12-7-14(12)1-5-21-6-2-14/h9-10,12H,1-8H2,(H2,16,18,20). The van der Waals surface area contributed by atoms with Crippen LogP contribution in [0.15, 0.2) is 12.4 Å². The molecular formula is C14H21FN4O2. The first-order chi connectivity index (χ1) is 10.2.